The highest BCUT2D eigenvalue weighted by Gasteiger charge is 2.19. The van der Waals surface area contributed by atoms with Crippen molar-refractivity contribution in [1.29, 1.82) is 5.26 Å². The Hall–Kier alpha value is -0.990. The van der Waals surface area contributed by atoms with Gasteiger partial charge in [-0.1, -0.05) is 0 Å². The molecular weight excluding hydrogens is 232 g/mol. The SMILES string of the molecule is CNC(C)(C#N)CCCCSc1cnn(C)c1. The molecule has 1 N–H and O–H groups in total. The van der Waals surface area contributed by atoms with Gasteiger partial charge in [-0.3, -0.25) is 4.68 Å². The monoisotopic (exact) mass is 252 g/mol. The molecule has 5 heteroatoms. The highest BCUT2D eigenvalue weighted by molar-refractivity contribution is 7.99. The maximum atomic E-state index is 8.99. The minimum atomic E-state index is -0.376. The Balaban J connectivity index is 2.15. The maximum absolute atomic E-state index is 8.99. The highest BCUT2D eigenvalue weighted by atomic mass is 32.2. The molecule has 0 aliphatic rings. The third kappa shape index (κ3) is 4.80. The first kappa shape index (κ1) is 14.1. The minimum absolute atomic E-state index is 0.376. The molecule has 0 aliphatic carbocycles. The Morgan fingerprint density at radius 2 is 2.35 bits per heavy atom. The predicted octanol–water partition coefficient (Wildman–Crippen LogP) is 2.18. The number of unbranched alkanes of at least 4 members (excludes halogenated alkanes) is 1. The molecule has 0 bridgehead atoms. The summed E-state index contributed by atoms with van der Waals surface area (Å²) in [6.45, 7) is 1.95. The van der Waals surface area contributed by atoms with Gasteiger partial charge < -0.3 is 5.32 Å². The molecule has 1 atom stereocenters. The second-order valence-corrected chi connectivity index (χ2v) is 5.52. The lowest BCUT2D eigenvalue weighted by Gasteiger charge is -2.20. The van der Waals surface area contributed by atoms with Crippen LogP contribution in [-0.2, 0) is 7.05 Å². The van der Waals surface area contributed by atoms with E-state index in [1.807, 2.05) is 49.9 Å². The fourth-order valence-electron chi connectivity index (χ4n) is 1.48. The molecule has 0 saturated carbocycles. The number of hydrogen-bond donors (Lipinski definition) is 1. The minimum Gasteiger partial charge on any atom is -0.303 e. The molecule has 1 unspecified atom stereocenters. The second-order valence-electron chi connectivity index (χ2n) is 4.35. The second kappa shape index (κ2) is 6.67. The normalized spacial score (nSPS) is 14.2. The number of aromatic nitrogens is 2. The topological polar surface area (TPSA) is 53.6 Å². The fourth-order valence-corrected chi connectivity index (χ4v) is 2.41. The van der Waals surface area contributed by atoms with Crippen LogP contribution in [0, 0.1) is 11.3 Å². The van der Waals surface area contributed by atoms with Gasteiger partial charge in [-0.05, 0) is 39.0 Å². The van der Waals surface area contributed by atoms with Crippen molar-refractivity contribution in [2.45, 2.75) is 36.6 Å². The van der Waals surface area contributed by atoms with E-state index in [9.17, 15) is 0 Å². The van der Waals surface area contributed by atoms with Crippen LogP contribution in [-0.4, -0.2) is 28.1 Å². The standard InChI is InChI=1S/C12H20N4S/c1-12(10-13,14-2)6-4-5-7-17-11-8-15-16(3)9-11/h8-9,14H,4-7H2,1-3H3. The van der Waals surface area contributed by atoms with E-state index in [2.05, 4.69) is 16.5 Å². The van der Waals surface area contributed by atoms with E-state index >= 15 is 0 Å². The molecule has 0 radical (unpaired) electrons. The van der Waals surface area contributed by atoms with Crippen molar-refractivity contribution >= 4 is 11.8 Å². The first-order valence-corrected chi connectivity index (χ1v) is 6.80. The van der Waals surface area contributed by atoms with Gasteiger partial charge in [0.05, 0.1) is 12.3 Å². The molecular formula is C12H20N4S. The number of nitrogens with zero attached hydrogens (tertiary/aromatic N) is 3. The third-order valence-corrected chi connectivity index (χ3v) is 3.86. The van der Waals surface area contributed by atoms with Crippen LogP contribution in [0.25, 0.3) is 0 Å². The molecule has 0 fully saturated rings. The molecule has 0 spiro atoms. The van der Waals surface area contributed by atoms with Crippen molar-refractivity contribution in [3.8, 4) is 6.07 Å². The molecule has 1 rings (SSSR count). The highest BCUT2D eigenvalue weighted by Crippen LogP contribution is 2.20. The van der Waals surface area contributed by atoms with Crippen LogP contribution in [0.15, 0.2) is 17.3 Å². The summed E-state index contributed by atoms with van der Waals surface area (Å²) < 4.78 is 1.82. The van der Waals surface area contributed by atoms with Crippen LogP contribution >= 0.6 is 11.8 Å². The van der Waals surface area contributed by atoms with E-state index in [-0.39, 0.29) is 5.54 Å². The molecule has 1 aromatic rings. The Kier molecular flexibility index (Phi) is 5.52. The molecule has 4 nitrogen and oxygen atoms in total. The van der Waals surface area contributed by atoms with Crippen LogP contribution in [0.2, 0.25) is 0 Å². The lowest BCUT2D eigenvalue weighted by molar-refractivity contribution is 0.439. The van der Waals surface area contributed by atoms with Gasteiger partial charge >= 0.3 is 0 Å². The van der Waals surface area contributed by atoms with E-state index in [1.165, 1.54) is 4.90 Å². The first-order chi connectivity index (χ1) is 8.09. The predicted molar refractivity (Wildman–Crippen MR) is 70.9 cm³/mol. The van der Waals surface area contributed by atoms with Crippen LogP contribution in [0.4, 0.5) is 0 Å². The number of hydrogen-bond acceptors (Lipinski definition) is 4. The van der Waals surface area contributed by atoms with E-state index in [0.717, 1.165) is 25.0 Å². The number of aryl methyl sites for hydroxylation is 1. The van der Waals surface area contributed by atoms with Crippen LogP contribution < -0.4 is 5.32 Å². The van der Waals surface area contributed by atoms with Gasteiger partial charge in [0.25, 0.3) is 0 Å². The lowest BCUT2D eigenvalue weighted by atomic mass is 9.97. The molecule has 94 valence electrons. The smallest absolute Gasteiger partial charge is 0.103 e. The molecule has 17 heavy (non-hydrogen) atoms. The molecule has 0 saturated heterocycles. The summed E-state index contributed by atoms with van der Waals surface area (Å²) in [5.74, 6) is 1.08. The number of nitrogens with one attached hydrogen (secondary N) is 1. The lowest BCUT2D eigenvalue weighted by Crippen LogP contribution is -2.37. The van der Waals surface area contributed by atoms with Crippen molar-refractivity contribution in [2.24, 2.45) is 7.05 Å². The number of thioether (sulfide) groups is 1. The van der Waals surface area contributed by atoms with Crippen molar-refractivity contribution in [3.63, 3.8) is 0 Å². The van der Waals surface area contributed by atoms with Crippen molar-refractivity contribution < 1.29 is 0 Å². The van der Waals surface area contributed by atoms with E-state index in [1.54, 1.807) is 0 Å². The fraction of sp³-hybridized carbons (Fsp3) is 0.667. The molecule has 1 aromatic heterocycles. The summed E-state index contributed by atoms with van der Waals surface area (Å²) >= 11 is 1.82. The number of rotatable bonds is 7. The molecule has 0 aromatic carbocycles. The third-order valence-electron chi connectivity index (χ3n) is 2.82. The van der Waals surface area contributed by atoms with Crippen LogP contribution in [0.1, 0.15) is 26.2 Å². The van der Waals surface area contributed by atoms with Crippen molar-refractivity contribution in [1.82, 2.24) is 15.1 Å². The average molecular weight is 252 g/mol. The summed E-state index contributed by atoms with van der Waals surface area (Å²) in [6.07, 6.45) is 7.00. The maximum Gasteiger partial charge on any atom is 0.103 e. The Labute approximate surface area is 107 Å². The van der Waals surface area contributed by atoms with Gasteiger partial charge in [0.15, 0.2) is 0 Å². The zero-order valence-corrected chi connectivity index (χ0v) is 11.5. The zero-order chi connectivity index (χ0) is 12.7. The van der Waals surface area contributed by atoms with Gasteiger partial charge in [-0.25, -0.2) is 0 Å². The Bertz CT molecular complexity index is 382. The van der Waals surface area contributed by atoms with Crippen LogP contribution in [0.5, 0.6) is 0 Å². The van der Waals surface area contributed by atoms with E-state index in [4.69, 9.17) is 5.26 Å². The van der Waals surface area contributed by atoms with Gasteiger partial charge in [0.2, 0.25) is 0 Å². The molecule has 1 heterocycles. The quantitative estimate of drug-likeness (QED) is 0.597. The average Bonchev–Trinajstić information content (AvgIpc) is 2.74. The van der Waals surface area contributed by atoms with E-state index in [0.29, 0.717) is 0 Å². The summed E-state index contributed by atoms with van der Waals surface area (Å²) in [6, 6.07) is 2.31. The molecule has 0 amide bonds. The van der Waals surface area contributed by atoms with E-state index < -0.39 is 0 Å². The Morgan fingerprint density at radius 1 is 1.59 bits per heavy atom. The largest absolute Gasteiger partial charge is 0.303 e. The number of nitriles is 1. The first-order valence-electron chi connectivity index (χ1n) is 5.81. The van der Waals surface area contributed by atoms with Gasteiger partial charge in [0, 0.05) is 18.1 Å². The van der Waals surface area contributed by atoms with Crippen molar-refractivity contribution in [2.75, 3.05) is 12.8 Å². The van der Waals surface area contributed by atoms with Crippen molar-refractivity contribution in [3.05, 3.63) is 12.4 Å². The Morgan fingerprint density at radius 3 is 2.88 bits per heavy atom. The summed E-state index contributed by atoms with van der Waals surface area (Å²) in [4.78, 5) is 1.21. The van der Waals surface area contributed by atoms with Crippen LogP contribution in [0.3, 0.4) is 0 Å². The summed E-state index contributed by atoms with van der Waals surface area (Å²) in [5.41, 5.74) is -0.376. The summed E-state index contributed by atoms with van der Waals surface area (Å²) in [7, 11) is 3.77. The zero-order valence-electron chi connectivity index (χ0n) is 10.7. The van der Waals surface area contributed by atoms with Gasteiger partial charge in [-0.15, -0.1) is 11.8 Å². The molecule has 0 aliphatic heterocycles. The summed E-state index contributed by atoms with van der Waals surface area (Å²) in [5, 5.41) is 16.2. The van der Waals surface area contributed by atoms with Gasteiger partial charge in [-0.2, -0.15) is 10.4 Å². The van der Waals surface area contributed by atoms with Gasteiger partial charge in [0.1, 0.15) is 5.54 Å².